The molecule has 4 aromatic rings. The van der Waals surface area contributed by atoms with Gasteiger partial charge in [0.05, 0.1) is 12.1 Å². The van der Waals surface area contributed by atoms with E-state index in [0.717, 1.165) is 36.2 Å². The summed E-state index contributed by atoms with van der Waals surface area (Å²) in [5, 5.41) is 4.67. The number of nitrogens with one attached hydrogen (secondary N) is 1. The Labute approximate surface area is 225 Å². The van der Waals surface area contributed by atoms with Crippen molar-refractivity contribution in [3.05, 3.63) is 101 Å². The first-order chi connectivity index (χ1) is 18.6. The Hall–Kier alpha value is -3.57. The normalized spacial score (nSPS) is 21.4. The third-order valence-electron chi connectivity index (χ3n) is 8.64. The predicted molar refractivity (Wildman–Crippen MR) is 152 cm³/mol. The van der Waals surface area contributed by atoms with Gasteiger partial charge in [-0.05, 0) is 60.9 Å². The standard InChI is InChI=1S/C33H37N3O2/c1-2-27(19-23-9-4-3-5-10-23)38-32-30(31(34)37)28-12-6-7-13-29(28)36(32)22-24-14-16-26(17-15-24)33-18-8-11-25(20-33)21-35-33/h3-7,9-10,12-17,25,27,35H,2,8,11,18-22H2,1H3,(H2,34,37). The Kier molecular flexibility index (Phi) is 6.71. The van der Waals surface area contributed by atoms with Crippen molar-refractivity contribution >= 4 is 16.8 Å². The zero-order chi connectivity index (χ0) is 26.1. The highest BCUT2D eigenvalue weighted by Crippen LogP contribution is 2.44. The summed E-state index contributed by atoms with van der Waals surface area (Å²) in [4.78, 5) is 12.7. The average molecular weight is 508 g/mol. The maximum Gasteiger partial charge on any atom is 0.254 e. The molecule has 3 unspecified atom stereocenters. The molecule has 38 heavy (non-hydrogen) atoms. The molecular formula is C33H37N3O2. The van der Waals surface area contributed by atoms with Crippen LogP contribution in [0.2, 0.25) is 0 Å². The number of carbonyl (C=O) groups is 1. The smallest absolute Gasteiger partial charge is 0.254 e. The first-order valence-electron chi connectivity index (χ1n) is 14.0. The summed E-state index contributed by atoms with van der Waals surface area (Å²) in [5.74, 6) is 0.916. The largest absolute Gasteiger partial charge is 0.475 e. The Bertz CT molecular complexity index is 1420. The molecular weight excluding hydrogens is 470 g/mol. The van der Waals surface area contributed by atoms with Crippen LogP contribution in [0.15, 0.2) is 78.9 Å². The monoisotopic (exact) mass is 507 g/mol. The molecule has 3 aromatic carbocycles. The maximum atomic E-state index is 12.7. The van der Waals surface area contributed by atoms with Crippen LogP contribution in [0.4, 0.5) is 0 Å². The summed E-state index contributed by atoms with van der Waals surface area (Å²) in [7, 11) is 0. The molecule has 1 saturated heterocycles. The Morgan fingerprint density at radius 1 is 1.05 bits per heavy atom. The fourth-order valence-electron chi connectivity index (χ4n) is 6.64. The summed E-state index contributed by atoms with van der Waals surface area (Å²) in [6, 6.07) is 27.4. The van der Waals surface area contributed by atoms with Crippen molar-refractivity contribution in [1.82, 2.24) is 9.88 Å². The molecule has 1 amide bonds. The number of ether oxygens (including phenoxy) is 1. The molecule has 1 aliphatic heterocycles. The molecule has 3 atom stereocenters. The fourth-order valence-corrected chi connectivity index (χ4v) is 6.64. The minimum absolute atomic E-state index is 0.0762. The van der Waals surface area contributed by atoms with Gasteiger partial charge in [0.2, 0.25) is 5.88 Å². The fraction of sp³-hybridized carbons (Fsp3) is 0.364. The first kappa shape index (κ1) is 24.7. The molecule has 2 aliphatic rings. The van der Waals surface area contributed by atoms with Crippen LogP contribution < -0.4 is 15.8 Å². The van der Waals surface area contributed by atoms with Crippen LogP contribution in [0.1, 0.15) is 66.1 Å². The van der Waals surface area contributed by atoms with E-state index in [-0.39, 0.29) is 11.6 Å². The van der Waals surface area contributed by atoms with Crippen LogP contribution in [0.25, 0.3) is 10.9 Å². The number of hydrogen-bond acceptors (Lipinski definition) is 3. The van der Waals surface area contributed by atoms with Gasteiger partial charge in [0, 0.05) is 17.3 Å². The summed E-state index contributed by atoms with van der Waals surface area (Å²) < 4.78 is 8.78. The second kappa shape index (κ2) is 10.3. The number of para-hydroxylation sites is 1. The van der Waals surface area contributed by atoms with E-state index in [1.807, 2.05) is 42.5 Å². The maximum absolute atomic E-state index is 12.7. The van der Waals surface area contributed by atoms with E-state index in [4.69, 9.17) is 10.5 Å². The number of benzene rings is 3. The third kappa shape index (κ3) is 4.60. The quantitative estimate of drug-likeness (QED) is 0.284. The van der Waals surface area contributed by atoms with Crippen LogP contribution >= 0.6 is 0 Å². The highest BCUT2D eigenvalue weighted by molar-refractivity contribution is 6.09. The van der Waals surface area contributed by atoms with E-state index in [1.165, 1.54) is 42.4 Å². The van der Waals surface area contributed by atoms with Gasteiger partial charge in [0.15, 0.2) is 0 Å². The molecule has 0 radical (unpaired) electrons. The molecule has 3 N–H and O–H groups in total. The van der Waals surface area contributed by atoms with Gasteiger partial charge in [-0.2, -0.15) is 0 Å². The SMILES string of the molecule is CCC(Cc1ccccc1)Oc1c(C(N)=O)c2ccccc2n1Cc1ccc(C23CCCC(CN2)C3)cc1. The van der Waals surface area contributed by atoms with Crippen LogP contribution in [0, 0.1) is 5.92 Å². The van der Waals surface area contributed by atoms with E-state index < -0.39 is 5.91 Å². The Morgan fingerprint density at radius 3 is 2.58 bits per heavy atom. The Balaban J connectivity index is 1.34. The van der Waals surface area contributed by atoms with Crippen LogP contribution in [-0.4, -0.2) is 23.1 Å². The predicted octanol–water partition coefficient (Wildman–Crippen LogP) is 6.18. The van der Waals surface area contributed by atoms with Gasteiger partial charge in [-0.25, -0.2) is 0 Å². The lowest BCUT2D eigenvalue weighted by atomic mass is 9.76. The zero-order valence-corrected chi connectivity index (χ0v) is 22.2. The second-order valence-corrected chi connectivity index (χ2v) is 11.1. The molecule has 1 aromatic heterocycles. The van der Waals surface area contributed by atoms with E-state index in [2.05, 4.69) is 53.2 Å². The number of hydrogen-bond donors (Lipinski definition) is 2. The van der Waals surface area contributed by atoms with Gasteiger partial charge < -0.3 is 20.4 Å². The zero-order valence-electron chi connectivity index (χ0n) is 22.2. The topological polar surface area (TPSA) is 69.3 Å². The molecule has 2 heterocycles. The van der Waals surface area contributed by atoms with Crippen molar-refractivity contribution in [3.8, 4) is 5.88 Å². The van der Waals surface area contributed by atoms with Gasteiger partial charge in [-0.1, -0.05) is 86.1 Å². The lowest BCUT2D eigenvalue weighted by Gasteiger charge is -2.33. The molecule has 5 heteroatoms. The highest BCUT2D eigenvalue weighted by atomic mass is 16.5. The van der Waals surface area contributed by atoms with E-state index in [1.54, 1.807) is 0 Å². The van der Waals surface area contributed by atoms with Gasteiger partial charge in [-0.3, -0.25) is 4.79 Å². The summed E-state index contributed by atoms with van der Waals surface area (Å²) >= 11 is 0. The van der Waals surface area contributed by atoms with Gasteiger partial charge in [-0.15, -0.1) is 0 Å². The van der Waals surface area contributed by atoms with Crippen LogP contribution in [-0.2, 0) is 18.5 Å². The molecule has 5 nitrogen and oxygen atoms in total. The number of rotatable bonds is 9. The first-order valence-corrected chi connectivity index (χ1v) is 14.0. The van der Waals surface area contributed by atoms with Crippen molar-refractivity contribution in [2.75, 3.05) is 6.54 Å². The lowest BCUT2D eigenvalue weighted by molar-refractivity contribution is 0.0992. The minimum atomic E-state index is -0.460. The number of primary amides is 1. The number of carbonyl (C=O) groups excluding carboxylic acids is 1. The average Bonchev–Trinajstić information content (AvgIpc) is 3.42. The molecule has 0 spiro atoms. The summed E-state index contributed by atoms with van der Waals surface area (Å²) in [5.41, 5.74) is 11.3. The van der Waals surface area contributed by atoms with Crippen molar-refractivity contribution in [2.24, 2.45) is 11.7 Å². The van der Waals surface area contributed by atoms with Gasteiger partial charge in [0.25, 0.3) is 5.91 Å². The van der Waals surface area contributed by atoms with E-state index in [9.17, 15) is 4.79 Å². The number of aromatic nitrogens is 1. The van der Waals surface area contributed by atoms with Gasteiger partial charge in [0.1, 0.15) is 11.7 Å². The van der Waals surface area contributed by atoms with Crippen LogP contribution in [0.3, 0.4) is 0 Å². The summed E-state index contributed by atoms with van der Waals surface area (Å²) in [6.45, 7) is 3.86. The van der Waals surface area contributed by atoms with E-state index >= 15 is 0 Å². The third-order valence-corrected chi connectivity index (χ3v) is 8.64. The van der Waals surface area contributed by atoms with Gasteiger partial charge >= 0.3 is 0 Å². The molecule has 2 bridgehead atoms. The molecule has 196 valence electrons. The molecule has 2 fully saturated rings. The lowest BCUT2D eigenvalue weighted by Crippen LogP contribution is -2.37. The van der Waals surface area contributed by atoms with Crippen molar-refractivity contribution in [3.63, 3.8) is 0 Å². The molecule has 1 saturated carbocycles. The molecule has 1 aliphatic carbocycles. The van der Waals surface area contributed by atoms with Crippen molar-refractivity contribution in [1.29, 1.82) is 0 Å². The van der Waals surface area contributed by atoms with Crippen molar-refractivity contribution < 1.29 is 9.53 Å². The summed E-state index contributed by atoms with van der Waals surface area (Å²) in [6.07, 6.45) is 6.61. The highest BCUT2D eigenvalue weighted by Gasteiger charge is 2.42. The number of nitrogens with two attached hydrogens (primary N) is 1. The number of nitrogens with zero attached hydrogens (tertiary/aromatic N) is 1. The number of fused-ring (bicyclic) bond motifs is 3. The van der Waals surface area contributed by atoms with E-state index in [0.29, 0.717) is 18.0 Å². The molecule has 6 rings (SSSR count). The van der Waals surface area contributed by atoms with Crippen molar-refractivity contribution in [2.45, 2.75) is 63.6 Å². The minimum Gasteiger partial charge on any atom is -0.475 e. The second-order valence-electron chi connectivity index (χ2n) is 11.1. The Morgan fingerprint density at radius 2 is 1.82 bits per heavy atom. The number of amides is 1. The van der Waals surface area contributed by atoms with Crippen LogP contribution in [0.5, 0.6) is 5.88 Å².